The summed E-state index contributed by atoms with van der Waals surface area (Å²) in [5.74, 6) is -1.30. The normalized spacial score (nSPS) is 16.7. The third-order valence-electron chi connectivity index (χ3n) is 4.39. The Kier molecular flexibility index (Phi) is 5.01. The Morgan fingerprint density at radius 3 is 2.65 bits per heavy atom. The third-order valence-corrected chi connectivity index (χ3v) is 4.39. The van der Waals surface area contributed by atoms with Crippen LogP contribution in [0, 0.1) is 0 Å². The highest BCUT2D eigenvalue weighted by Crippen LogP contribution is 2.20. The molecule has 136 valence electrons. The van der Waals surface area contributed by atoms with Crippen molar-refractivity contribution < 1.29 is 19.5 Å². The number of carboxylic acids is 1. The SMILES string of the molecule is Cn1cc(N2CC[C@@H](NC(=O)CCc3ccc(C(=O)O)cc3)C2=O)cn1. The summed E-state index contributed by atoms with van der Waals surface area (Å²) in [5.41, 5.74) is 1.82. The number of aryl methyl sites for hydroxylation is 2. The van der Waals surface area contributed by atoms with Crippen LogP contribution in [0.25, 0.3) is 0 Å². The standard InChI is InChI=1S/C18H20N4O4/c1-21-11-14(10-19-21)22-9-8-15(17(22)24)20-16(23)7-4-12-2-5-13(6-3-12)18(25)26/h2-3,5-6,10-11,15H,4,7-9H2,1H3,(H,20,23)(H,25,26)/t15-/m1/s1. The second-order valence-corrected chi connectivity index (χ2v) is 6.27. The van der Waals surface area contributed by atoms with E-state index in [-0.39, 0.29) is 23.8 Å². The number of carbonyl (C=O) groups excluding carboxylic acids is 2. The van der Waals surface area contributed by atoms with Crippen molar-refractivity contribution in [2.24, 2.45) is 7.05 Å². The molecule has 1 aliphatic rings. The molecule has 2 heterocycles. The van der Waals surface area contributed by atoms with Gasteiger partial charge in [-0.1, -0.05) is 12.1 Å². The Morgan fingerprint density at radius 1 is 1.31 bits per heavy atom. The average Bonchev–Trinajstić information content (AvgIpc) is 3.19. The number of nitrogens with zero attached hydrogens (tertiary/aromatic N) is 3. The summed E-state index contributed by atoms with van der Waals surface area (Å²) >= 11 is 0. The van der Waals surface area contributed by atoms with E-state index in [1.807, 2.05) is 0 Å². The molecule has 3 rings (SSSR count). The number of rotatable bonds is 6. The predicted octanol–water partition coefficient (Wildman–Crippen LogP) is 0.973. The second-order valence-electron chi connectivity index (χ2n) is 6.27. The Balaban J connectivity index is 1.50. The number of anilines is 1. The lowest BCUT2D eigenvalue weighted by atomic mass is 10.1. The molecule has 0 radical (unpaired) electrons. The summed E-state index contributed by atoms with van der Waals surface area (Å²) < 4.78 is 1.63. The zero-order chi connectivity index (χ0) is 18.7. The highest BCUT2D eigenvalue weighted by molar-refractivity contribution is 6.01. The van der Waals surface area contributed by atoms with E-state index in [0.29, 0.717) is 19.4 Å². The number of aromatic nitrogens is 2. The minimum Gasteiger partial charge on any atom is -0.478 e. The molecule has 2 N–H and O–H groups in total. The number of nitrogens with one attached hydrogen (secondary N) is 1. The Labute approximate surface area is 150 Å². The summed E-state index contributed by atoms with van der Waals surface area (Å²) in [6, 6.07) is 5.91. The predicted molar refractivity (Wildman–Crippen MR) is 93.8 cm³/mol. The van der Waals surface area contributed by atoms with Crippen molar-refractivity contribution in [1.82, 2.24) is 15.1 Å². The van der Waals surface area contributed by atoms with Gasteiger partial charge in [0.25, 0.3) is 0 Å². The number of hydrogen-bond donors (Lipinski definition) is 2. The summed E-state index contributed by atoms with van der Waals surface area (Å²) in [6.07, 6.45) is 4.68. The van der Waals surface area contributed by atoms with E-state index in [2.05, 4.69) is 10.4 Å². The van der Waals surface area contributed by atoms with Gasteiger partial charge in [-0.25, -0.2) is 4.79 Å². The summed E-state index contributed by atoms with van der Waals surface area (Å²) in [4.78, 5) is 37.0. The van der Waals surface area contributed by atoms with Crippen LogP contribution in [0.5, 0.6) is 0 Å². The maximum atomic E-state index is 12.4. The molecule has 0 bridgehead atoms. The van der Waals surface area contributed by atoms with E-state index in [9.17, 15) is 14.4 Å². The maximum Gasteiger partial charge on any atom is 0.335 e. The molecular weight excluding hydrogens is 336 g/mol. The molecule has 1 fully saturated rings. The fourth-order valence-electron chi connectivity index (χ4n) is 2.96. The largest absolute Gasteiger partial charge is 0.478 e. The Morgan fingerprint density at radius 2 is 2.04 bits per heavy atom. The lowest BCUT2D eigenvalue weighted by Gasteiger charge is -2.15. The van der Waals surface area contributed by atoms with Crippen molar-refractivity contribution in [1.29, 1.82) is 0 Å². The van der Waals surface area contributed by atoms with Crippen molar-refractivity contribution in [2.45, 2.75) is 25.3 Å². The van der Waals surface area contributed by atoms with Crippen LogP contribution in [0.4, 0.5) is 5.69 Å². The zero-order valence-corrected chi connectivity index (χ0v) is 14.4. The molecule has 1 aliphatic heterocycles. The van der Waals surface area contributed by atoms with Gasteiger partial charge in [0, 0.05) is 26.2 Å². The van der Waals surface area contributed by atoms with Crippen LogP contribution in [-0.2, 0) is 23.1 Å². The molecule has 2 amide bonds. The van der Waals surface area contributed by atoms with E-state index in [4.69, 9.17) is 5.11 Å². The molecule has 0 aliphatic carbocycles. The van der Waals surface area contributed by atoms with Gasteiger partial charge in [0.05, 0.1) is 17.4 Å². The van der Waals surface area contributed by atoms with E-state index in [0.717, 1.165) is 11.3 Å². The monoisotopic (exact) mass is 356 g/mol. The fourth-order valence-corrected chi connectivity index (χ4v) is 2.96. The molecule has 8 heteroatoms. The quantitative estimate of drug-likeness (QED) is 0.803. The number of amides is 2. The van der Waals surface area contributed by atoms with Crippen LogP contribution in [-0.4, -0.2) is 45.3 Å². The third kappa shape index (κ3) is 3.90. The molecule has 1 aromatic heterocycles. The van der Waals surface area contributed by atoms with Gasteiger partial charge in [-0.3, -0.25) is 14.3 Å². The first kappa shape index (κ1) is 17.7. The number of benzene rings is 1. The Hall–Kier alpha value is -3.16. The van der Waals surface area contributed by atoms with E-state index >= 15 is 0 Å². The highest BCUT2D eigenvalue weighted by Gasteiger charge is 2.33. The zero-order valence-electron chi connectivity index (χ0n) is 14.4. The van der Waals surface area contributed by atoms with Crippen molar-refractivity contribution in [3.63, 3.8) is 0 Å². The summed E-state index contributed by atoms with van der Waals surface area (Å²) in [6.45, 7) is 0.548. The van der Waals surface area contributed by atoms with Gasteiger partial charge in [0.1, 0.15) is 6.04 Å². The van der Waals surface area contributed by atoms with Crippen LogP contribution < -0.4 is 10.2 Å². The van der Waals surface area contributed by atoms with E-state index in [1.54, 1.807) is 41.2 Å². The topological polar surface area (TPSA) is 105 Å². The maximum absolute atomic E-state index is 12.4. The molecule has 1 atom stereocenters. The molecule has 2 aromatic rings. The van der Waals surface area contributed by atoms with Crippen LogP contribution >= 0.6 is 0 Å². The van der Waals surface area contributed by atoms with E-state index in [1.165, 1.54) is 12.1 Å². The van der Waals surface area contributed by atoms with Crippen LogP contribution in [0.1, 0.15) is 28.8 Å². The average molecular weight is 356 g/mol. The van der Waals surface area contributed by atoms with Gasteiger partial charge in [-0.2, -0.15) is 5.10 Å². The van der Waals surface area contributed by atoms with Gasteiger partial charge in [0.15, 0.2) is 0 Å². The second kappa shape index (κ2) is 7.38. The smallest absolute Gasteiger partial charge is 0.335 e. The molecule has 0 saturated carbocycles. The van der Waals surface area contributed by atoms with Gasteiger partial charge >= 0.3 is 5.97 Å². The first-order chi connectivity index (χ1) is 12.4. The van der Waals surface area contributed by atoms with Crippen molar-refractivity contribution in [3.8, 4) is 0 Å². The molecule has 0 unspecified atom stereocenters. The molecule has 0 spiro atoms. The fraction of sp³-hybridized carbons (Fsp3) is 0.333. The van der Waals surface area contributed by atoms with Gasteiger partial charge < -0.3 is 15.3 Å². The van der Waals surface area contributed by atoms with Crippen LogP contribution in [0.15, 0.2) is 36.7 Å². The molecular formula is C18H20N4O4. The minimum absolute atomic E-state index is 0.128. The summed E-state index contributed by atoms with van der Waals surface area (Å²) in [7, 11) is 1.78. The van der Waals surface area contributed by atoms with Crippen molar-refractivity contribution >= 4 is 23.5 Å². The summed E-state index contributed by atoms with van der Waals surface area (Å²) in [5, 5.41) is 15.7. The van der Waals surface area contributed by atoms with Gasteiger partial charge in [-0.05, 0) is 30.5 Å². The highest BCUT2D eigenvalue weighted by atomic mass is 16.4. The van der Waals surface area contributed by atoms with Crippen molar-refractivity contribution in [3.05, 3.63) is 47.8 Å². The molecule has 8 nitrogen and oxygen atoms in total. The minimum atomic E-state index is -0.979. The van der Waals surface area contributed by atoms with Crippen LogP contribution in [0.2, 0.25) is 0 Å². The Bertz CT molecular complexity index is 828. The van der Waals surface area contributed by atoms with Crippen molar-refractivity contribution in [2.75, 3.05) is 11.4 Å². The molecule has 1 saturated heterocycles. The lowest BCUT2D eigenvalue weighted by Crippen LogP contribution is -2.41. The number of carboxylic acid groups (broad SMARTS) is 1. The number of carbonyl (C=O) groups is 3. The number of hydrogen-bond acceptors (Lipinski definition) is 4. The van der Waals surface area contributed by atoms with Crippen LogP contribution in [0.3, 0.4) is 0 Å². The van der Waals surface area contributed by atoms with E-state index < -0.39 is 12.0 Å². The first-order valence-electron chi connectivity index (χ1n) is 8.35. The molecule has 1 aromatic carbocycles. The van der Waals surface area contributed by atoms with Gasteiger partial charge in [-0.15, -0.1) is 0 Å². The first-order valence-corrected chi connectivity index (χ1v) is 8.35. The lowest BCUT2D eigenvalue weighted by molar-refractivity contribution is -0.126. The molecule has 26 heavy (non-hydrogen) atoms. The van der Waals surface area contributed by atoms with Gasteiger partial charge in [0.2, 0.25) is 11.8 Å². The number of aromatic carboxylic acids is 1.